The molecule has 0 saturated carbocycles. The third kappa shape index (κ3) is 4.41. The topological polar surface area (TPSA) is 78.4 Å². The quantitative estimate of drug-likeness (QED) is 0.690. The molecule has 5 nitrogen and oxygen atoms in total. The van der Waals surface area contributed by atoms with Crippen LogP contribution in [0.5, 0.6) is 0 Å². The maximum absolute atomic E-state index is 12.1. The fourth-order valence-electron chi connectivity index (χ4n) is 1.59. The van der Waals surface area contributed by atoms with Crippen molar-refractivity contribution in [3.05, 3.63) is 35.4 Å². The molecule has 2 amide bonds. The molecule has 0 bridgehead atoms. The van der Waals surface area contributed by atoms with Gasteiger partial charge in [0.2, 0.25) is 5.91 Å². The molecule has 1 aromatic carbocycles. The van der Waals surface area contributed by atoms with E-state index in [0.717, 1.165) is 0 Å². The van der Waals surface area contributed by atoms with Gasteiger partial charge in [0.1, 0.15) is 12.6 Å². The molecule has 0 radical (unpaired) electrons. The van der Waals surface area contributed by atoms with Gasteiger partial charge in [0.05, 0.1) is 5.56 Å². The average Bonchev–Trinajstić information content (AvgIpc) is 2.45. The van der Waals surface area contributed by atoms with E-state index < -0.39 is 6.04 Å². The lowest BCUT2D eigenvalue weighted by molar-refractivity contribution is -0.122. The molecule has 0 aliphatic rings. The molecule has 1 rings (SSSR count). The smallest absolute Gasteiger partial charge is 0.253 e. The molecular weight excluding hydrogens is 256 g/mol. The molecule has 1 unspecified atom stereocenters. The second-order valence-corrected chi connectivity index (χ2v) is 4.10. The number of rotatable bonds is 4. The van der Waals surface area contributed by atoms with Crippen molar-refractivity contribution in [2.75, 3.05) is 13.2 Å². The SMILES string of the molecule is CCNC(=O)C(C)NC(=O)c1ccccc1C#CCO. The normalized spacial score (nSPS) is 10.9. The lowest BCUT2D eigenvalue weighted by atomic mass is 10.1. The van der Waals surface area contributed by atoms with Crippen molar-refractivity contribution < 1.29 is 14.7 Å². The molecule has 3 N–H and O–H groups in total. The Morgan fingerprint density at radius 1 is 1.35 bits per heavy atom. The molecule has 0 saturated heterocycles. The van der Waals surface area contributed by atoms with Crippen LogP contribution in [0.3, 0.4) is 0 Å². The molecule has 1 aromatic rings. The molecule has 0 aromatic heterocycles. The van der Waals surface area contributed by atoms with E-state index in [1.54, 1.807) is 31.2 Å². The van der Waals surface area contributed by atoms with Gasteiger partial charge < -0.3 is 15.7 Å². The molecule has 0 heterocycles. The maximum Gasteiger partial charge on any atom is 0.253 e. The molecular formula is C15H18N2O3. The fraction of sp³-hybridized carbons (Fsp3) is 0.333. The Labute approximate surface area is 118 Å². The van der Waals surface area contributed by atoms with Gasteiger partial charge in [-0.05, 0) is 26.0 Å². The summed E-state index contributed by atoms with van der Waals surface area (Å²) in [6.45, 7) is 3.67. The van der Waals surface area contributed by atoms with Crippen molar-refractivity contribution in [2.45, 2.75) is 19.9 Å². The maximum atomic E-state index is 12.1. The first kappa shape index (κ1) is 15.7. The van der Waals surface area contributed by atoms with Gasteiger partial charge in [0.25, 0.3) is 5.91 Å². The fourth-order valence-corrected chi connectivity index (χ4v) is 1.59. The molecule has 0 aliphatic heterocycles. The first-order valence-electron chi connectivity index (χ1n) is 6.37. The number of amides is 2. The van der Waals surface area contributed by atoms with Crippen molar-refractivity contribution in [1.82, 2.24) is 10.6 Å². The van der Waals surface area contributed by atoms with Crippen LogP contribution in [0, 0.1) is 11.8 Å². The molecule has 0 spiro atoms. The monoisotopic (exact) mass is 274 g/mol. The van der Waals surface area contributed by atoms with Crippen molar-refractivity contribution in [2.24, 2.45) is 0 Å². The van der Waals surface area contributed by atoms with Crippen LogP contribution in [0.2, 0.25) is 0 Å². The molecule has 0 aliphatic carbocycles. The van der Waals surface area contributed by atoms with E-state index in [0.29, 0.717) is 17.7 Å². The average molecular weight is 274 g/mol. The van der Waals surface area contributed by atoms with E-state index in [4.69, 9.17) is 5.11 Å². The number of benzene rings is 1. The first-order valence-corrected chi connectivity index (χ1v) is 6.37. The van der Waals surface area contributed by atoms with E-state index in [2.05, 4.69) is 22.5 Å². The minimum Gasteiger partial charge on any atom is -0.384 e. The van der Waals surface area contributed by atoms with E-state index in [1.807, 2.05) is 6.92 Å². The summed E-state index contributed by atoms with van der Waals surface area (Å²) in [7, 11) is 0. The minimum atomic E-state index is -0.624. The predicted molar refractivity (Wildman–Crippen MR) is 76.0 cm³/mol. The standard InChI is InChI=1S/C15H18N2O3/c1-3-16-14(19)11(2)17-15(20)13-9-5-4-7-12(13)8-6-10-18/h4-5,7,9,11,18H,3,10H2,1-2H3,(H,16,19)(H,17,20). The highest BCUT2D eigenvalue weighted by Gasteiger charge is 2.17. The summed E-state index contributed by atoms with van der Waals surface area (Å²) < 4.78 is 0. The van der Waals surface area contributed by atoms with Crippen LogP contribution in [0.1, 0.15) is 29.8 Å². The zero-order chi connectivity index (χ0) is 15.0. The van der Waals surface area contributed by atoms with E-state index in [9.17, 15) is 9.59 Å². The third-order valence-corrected chi connectivity index (χ3v) is 2.57. The Kier molecular flexibility index (Phi) is 6.27. The van der Waals surface area contributed by atoms with Crippen LogP contribution in [-0.2, 0) is 4.79 Å². The lowest BCUT2D eigenvalue weighted by Crippen LogP contribution is -2.44. The van der Waals surface area contributed by atoms with Crippen molar-refractivity contribution in [1.29, 1.82) is 0 Å². The molecule has 106 valence electrons. The van der Waals surface area contributed by atoms with Crippen LogP contribution < -0.4 is 10.6 Å². The zero-order valence-electron chi connectivity index (χ0n) is 11.6. The van der Waals surface area contributed by atoms with E-state index in [1.165, 1.54) is 0 Å². The Morgan fingerprint density at radius 3 is 2.70 bits per heavy atom. The summed E-state index contributed by atoms with van der Waals surface area (Å²) in [6, 6.07) is 6.16. The minimum absolute atomic E-state index is 0.236. The highest BCUT2D eigenvalue weighted by atomic mass is 16.2. The Balaban J connectivity index is 2.85. The number of likely N-dealkylation sites (N-methyl/N-ethyl adjacent to an activating group) is 1. The van der Waals surface area contributed by atoms with Gasteiger partial charge in [0.15, 0.2) is 0 Å². The van der Waals surface area contributed by atoms with Crippen molar-refractivity contribution >= 4 is 11.8 Å². The third-order valence-electron chi connectivity index (χ3n) is 2.57. The number of hydrogen-bond donors (Lipinski definition) is 3. The Morgan fingerprint density at radius 2 is 2.05 bits per heavy atom. The molecule has 5 heteroatoms. The van der Waals surface area contributed by atoms with E-state index in [-0.39, 0.29) is 18.4 Å². The summed E-state index contributed by atoms with van der Waals surface area (Å²) in [5.41, 5.74) is 0.895. The number of nitrogens with one attached hydrogen (secondary N) is 2. The summed E-state index contributed by atoms with van der Waals surface area (Å²) in [5, 5.41) is 14.0. The van der Waals surface area contributed by atoms with Gasteiger partial charge in [-0.2, -0.15) is 0 Å². The predicted octanol–water partition coefficient (Wildman–Crippen LogP) is 0.285. The van der Waals surface area contributed by atoms with Crippen LogP contribution in [-0.4, -0.2) is 36.1 Å². The van der Waals surface area contributed by atoms with Crippen LogP contribution >= 0.6 is 0 Å². The van der Waals surface area contributed by atoms with Crippen molar-refractivity contribution in [3.8, 4) is 11.8 Å². The summed E-state index contributed by atoms with van der Waals surface area (Å²) >= 11 is 0. The Bertz CT molecular complexity index is 544. The number of carbonyl (C=O) groups excluding carboxylic acids is 2. The number of aliphatic hydroxyl groups is 1. The van der Waals surface area contributed by atoms with Crippen LogP contribution in [0.15, 0.2) is 24.3 Å². The number of carbonyl (C=O) groups is 2. The first-order chi connectivity index (χ1) is 9.60. The summed E-state index contributed by atoms with van der Waals surface area (Å²) in [6.07, 6.45) is 0. The van der Waals surface area contributed by atoms with Gasteiger partial charge in [-0.1, -0.05) is 24.0 Å². The second kappa shape index (κ2) is 7.97. The van der Waals surface area contributed by atoms with Gasteiger partial charge >= 0.3 is 0 Å². The van der Waals surface area contributed by atoms with Gasteiger partial charge in [0, 0.05) is 12.1 Å². The second-order valence-electron chi connectivity index (χ2n) is 4.10. The molecule has 20 heavy (non-hydrogen) atoms. The van der Waals surface area contributed by atoms with Gasteiger partial charge in [-0.15, -0.1) is 0 Å². The zero-order valence-corrected chi connectivity index (χ0v) is 11.6. The lowest BCUT2D eigenvalue weighted by Gasteiger charge is -2.14. The number of aliphatic hydroxyl groups excluding tert-OH is 1. The van der Waals surface area contributed by atoms with E-state index >= 15 is 0 Å². The van der Waals surface area contributed by atoms with Crippen LogP contribution in [0.4, 0.5) is 0 Å². The van der Waals surface area contributed by atoms with Crippen molar-refractivity contribution in [3.63, 3.8) is 0 Å². The highest BCUT2D eigenvalue weighted by Crippen LogP contribution is 2.07. The van der Waals surface area contributed by atoms with Gasteiger partial charge in [-0.25, -0.2) is 0 Å². The Hall–Kier alpha value is -2.32. The molecule has 1 atom stereocenters. The van der Waals surface area contributed by atoms with Crippen LogP contribution in [0.25, 0.3) is 0 Å². The summed E-state index contributed by atoms with van der Waals surface area (Å²) in [5.74, 6) is 4.61. The molecule has 0 fully saturated rings. The largest absolute Gasteiger partial charge is 0.384 e. The van der Waals surface area contributed by atoms with Gasteiger partial charge in [-0.3, -0.25) is 9.59 Å². The summed E-state index contributed by atoms with van der Waals surface area (Å²) in [4.78, 5) is 23.7. The highest BCUT2D eigenvalue weighted by molar-refractivity contribution is 5.99. The number of hydrogen-bond acceptors (Lipinski definition) is 3.